The molecule has 1 aromatic heterocycles. The molecule has 0 radical (unpaired) electrons. The van der Waals surface area contributed by atoms with Gasteiger partial charge in [-0.2, -0.15) is 0 Å². The van der Waals surface area contributed by atoms with E-state index in [9.17, 15) is 9.59 Å². The highest BCUT2D eigenvalue weighted by molar-refractivity contribution is 7.99. The predicted octanol–water partition coefficient (Wildman–Crippen LogP) is 3.67. The first-order valence-corrected chi connectivity index (χ1v) is 9.84. The van der Waals surface area contributed by atoms with Gasteiger partial charge in [0.25, 0.3) is 5.56 Å². The maximum absolute atomic E-state index is 12.9. The lowest BCUT2D eigenvalue weighted by molar-refractivity contribution is -0.127. The number of thioether (sulfide) groups is 1. The summed E-state index contributed by atoms with van der Waals surface area (Å²) >= 11 is 7.34. The van der Waals surface area contributed by atoms with E-state index in [2.05, 4.69) is 4.98 Å². The quantitative estimate of drug-likeness (QED) is 0.542. The smallest absolute Gasteiger partial charge is 0.262 e. The molecule has 7 heteroatoms. The number of benzene rings is 1. The summed E-state index contributed by atoms with van der Waals surface area (Å²) in [7, 11) is 0. The van der Waals surface area contributed by atoms with Crippen molar-refractivity contribution in [2.24, 2.45) is 5.92 Å². The van der Waals surface area contributed by atoms with Crippen molar-refractivity contribution in [1.29, 1.82) is 0 Å². The molecule has 0 aliphatic carbocycles. The predicted molar refractivity (Wildman–Crippen MR) is 105 cm³/mol. The highest BCUT2D eigenvalue weighted by Gasteiger charge is 2.16. The van der Waals surface area contributed by atoms with Crippen LogP contribution in [0.25, 0.3) is 10.9 Å². The lowest BCUT2D eigenvalue weighted by atomic mass is 10.2. The Morgan fingerprint density at radius 3 is 2.60 bits per heavy atom. The van der Waals surface area contributed by atoms with E-state index in [-0.39, 0.29) is 23.1 Å². The van der Waals surface area contributed by atoms with Crippen LogP contribution in [0, 0.1) is 5.92 Å². The Morgan fingerprint density at radius 2 is 2.00 bits per heavy atom. The van der Waals surface area contributed by atoms with Crippen LogP contribution in [0.2, 0.25) is 5.02 Å². The second-order valence-electron chi connectivity index (χ2n) is 6.22. The van der Waals surface area contributed by atoms with Crippen molar-refractivity contribution in [2.45, 2.75) is 39.4 Å². The number of fused-ring (bicyclic) bond motifs is 1. The number of nitrogens with zero attached hydrogens (tertiary/aromatic N) is 3. The first kappa shape index (κ1) is 19.8. The molecule has 0 spiro atoms. The number of hydrogen-bond acceptors (Lipinski definition) is 4. The zero-order valence-electron chi connectivity index (χ0n) is 15.1. The fourth-order valence-electron chi connectivity index (χ4n) is 2.60. The van der Waals surface area contributed by atoms with Gasteiger partial charge in [-0.25, -0.2) is 4.98 Å². The minimum absolute atomic E-state index is 0.0524. The van der Waals surface area contributed by atoms with Crippen LogP contribution >= 0.6 is 23.4 Å². The number of halogens is 1. The highest BCUT2D eigenvalue weighted by Crippen LogP contribution is 2.21. The third-order valence-corrected chi connectivity index (χ3v) is 5.07. The lowest BCUT2D eigenvalue weighted by Gasteiger charge is -2.19. The third kappa shape index (κ3) is 4.76. The molecule has 0 aliphatic heterocycles. The molecule has 0 unspecified atom stereocenters. The van der Waals surface area contributed by atoms with Gasteiger partial charge >= 0.3 is 0 Å². The number of carbonyl (C=O) groups excluding carboxylic acids is 1. The summed E-state index contributed by atoms with van der Waals surface area (Å²) in [5.74, 6) is 0.608. The van der Waals surface area contributed by atoms with Gasteiger partial charge < -0.3 is 4.90 Å². The molecule has 0 saturated carbocycles. The Morgan fingerprint density at radius 1 is 1.32 bits per heavy atom. The maximum atomic E-state index is 12.9. The van der Waals surface area contributed by atoms with Crippen molar-refractivity contribution in [2.75, 3.05) is 18.8 Å². The van der Waals surface area contributed by atoms with E-state index in [0.717, 1.165) is 0 Å². The van der Waals surface area contributed by atoms with Gasteiger partial charge in [0.2, 0.25) is 5.91 Å². The summed E-state index contributed by atoms with van der Waals surface area (Å²) in [5.41, 5.74) is 0.492. The molecule has 5 nitrogen and oxygen atoms in total. The molecule has 0 saturated heterocycles. The van der Waals surface area contributed by atoms with Crippen LogP contribution < -0.4 is 5.56 Å². The lowest BCUT2D eigenvalue weighted by Crippen LogP contribution is -2.32. The molecule has 0 fully saturated rings. The third-order valence-electron chi connectivity index (χ3n) is 3.87. The van der Waals surface area contributed by atoms with Gasteiger partial charge in [0.1, 0.15) is 0 Å². The first-order valence-electron chi connectivity index (χ1n) is 8.48. The number of rotatable bonds is 7. The van der Waals surface area contributed by atoms with E-state index in [1.54, 1.807) is 27.7 Å². The van der Waals surface area contributed by atoms with Crippen LogP contribution in [0.4, 0.5) is 0 Å². The second-order valence-corrected chi connectivity index (χ2v) is 7.60. The van der Waals surface area contributed by atoms with Crippen LogP contribution in [0.3, 0.4) is 0 Å². The van der Waals surface area contributed by atoms with Gasteiger partial charge in [-0.15, -0.1) is 0 Å². The number of aromatic nitrogens is 2. The summed E-state index contributed by atoms with van der Waals surface area (Å²) in [5, 5.41) is 1.60. The summed E-state index contributed by atoms with van der Waals surface area (Å²) < 4.78 is 1.66. The Kier molecular flexibility index (Phi) is 6.90. The molecular formula is C18H24ClN3O2S. The molecule has 1 heterocycles. The SMILES string of the molecule is CCN(CC)C(=O)CSc1nc2ccc(Cl)cc2c(=O)n1CC(C)C. The van der Waals surface area contributed by atoms with Crippen molar-refractivity contribution in [3.63, 3.8) is 0 Å². The van der Waals surface area contributed by atoms with Crippen LogP contribution in [0.1, 0.15) is 27.7 Å². The molecule has 1 amide bonds. The molecule has 0 bridgehead atoms. The fraction of sp³-hybridized carbons (Fsp3) is 0.500. The zero-order valence-corrected chi connectivity index (χ0v) is 16.7. The van der Waals surface area contributed by atoms with E-state index < -0.39 is 0 Å². The normalized spacial score (nSPS) is 11.3. The van der Waals surface area contributed by atoms with E-state index in [1.165, 1.54) is 11.8 Å². The molecule has 136 valence electrons. The minimum Gasteiger partial charge on any atom is -0.343 e. The Hall–Kier alpha value is -1.53. The highest BCUT2D eigenvalue weighted by atomic mass is 35.5. The number of amides is 1. The molecule has 25 heavy (non-hydrogen) atoms. The maximum Gasteiger partial charge on any atom is 0.262 e. The van der Waals surface area contributed by atoms with Crippen molar-refractivity contribution in [3.05, 3.63) is 33.6 Å². The van der Waals surface area contributed by atoms with E-state index in [1.807, 2.05) is 27.7 Å². The average Bonchev–Trinajstić information content (AvgIpc) is 2.57. The Bertz CT molecular complexity index is 816. The minimum atomic E-state index is -0.112. The monoisotopic (exact) mass is 381 g/mol. The molecular weight excluding hydrogens is 358 g/mol. The van der Waals surface area contributed by atoms with Crippen LogP contribution in [-0.2, 0) is 11.3 Å². The van der Waals surface area contributed by atoms with Gasteiger partial charge in [-0.1, -0.05) is 37.2 Å². The van der Waals surface area contributed by atoms with Crippen molar-refractivity contribution in [3.8, 4) is 0 Å². The molecule has 0 atom stereocenters. The molecule has 2 aromatic rings. The number of hydrogen-bond donors (Lipinski definition) is 0. The summed E-state index contributed by atoms with van der Waals surface area (Å²) in [6, 6.07) is 5.12. The molecule has 1 aromatic carbocycles. The van der Waals surface area contributed by atoms with E-state index in [4.69, 9.17) is 11.6 Å². The van der Waals surface area contributed by atoms with Crippen LogP contribution in [0.5, 0.6) is 0 Å². The van der Waals surface area contributed by atoms with Gasteiger partial charge in [-0.05, 0) is 38.0 Å². The summed E-state index contributed by atoms with van der Waals surface area (Å²) in [6.07, 6.45) is 0. The van der Waals surface area contributed by atoms with Gasteiger partial charge in [0.15, 0.2) is 5.16 Å². The van der Waals surface area contributed by atoms with E-state index in [0.29, 0.717) is 40.7 Å². The van der Waals surface area contributed by atoms with Crippen molar-refractivity contribution in [1.82, 2.24) is 14.5 Å². The molecule has 0 aliphatic rings. The van der Waals surface area contributed by atoms with Gasteiger partial charge in [0, 0.05) is 24.7 Å². The standard InChI is InChI=1S/C18H24ClN3O2S/c1-5-21(6-2)16(23)11-25-18-20-15-8-7-13(19)9-14(15)17(24)22(18)10-12(3)4/h7-9,12H,5-6,10-11H2,1-4H3. The topological polar surface area (TPSA) is 55.2 Å². The summed E-state index contributed by atoms with van der Waals surface area (Å²) in [6.45, 7) is 9.92. The average molecular weight is 382 g/mol. The number of carbonyl (C=O) groups is 1. The van der Waals surface area contributed by atoms with Gasteiger partial charge in [0.05, 0.1) is 16.7 Å². The van der Waals surface area contributed by atoms with Crippen LogP contribution in [0.15, 0.2) is 28.2 Å². The largest absolute Gasteiger partial charge is 0.343 e. The van der Waals surface area contributed by atoms with Gasteiger partial charge in [-0.3, -0.25) is 14.2 Å². The van der Waals surface area contributed by atoms with Crippen LogP contribution in [-0.4, -0.2) is 39.2 Å². The zero-order chi connectivity index (χ0) is 18.6. The van der Waals surface area contributed by atoms with E-state index >= 15 is 0 Å². The second kappa shape index (κ2) is 8.72. The Labute approximate surface area is 157 Å². The molecule has 0 N–H and O–H groups in total. The van der Waals surface area contributed by atoms with Crippen molar-refractivity contribution < 1.29 is 4.79 Å². The molecule has 2 rings (SSSR count). The fourth-order valence-corrected chi connectivity index (χ4v) is 3.69. The van der Waals surface area contributed by atoms with Crippen molar-refractivity contribution >= 4 is 40.2 Å². The Balaban J connectivity index is 2.41. The summed E-state index contributed by atoms with van der Waals surface area (Å²) in [4.78, 5) is 31.5. The first-order chi connectivity index (χ1) is 11.9.